The number of fused-ring (bicyclic) bond motifs is 3. The second-order valence-corrected chi connectivity index (χ2v) is 8.88. The second kappa shape index (κ2) is 8.73. The van der Waals surface area contributed by atoms with Crippen LogP contribution in [0.3, 0.4) is 0 Å². The van der Waals surface area contributed by atoms with Crippen molar-refractivity contribution in [3.8, 4) is 11.1 Å². The van der Waals surface area contributed by atoms with Crippen LogP contribution in [0.5, 0.6) is 0 Å². The van der Waals surface area contributed by atoms with Gasteiger partial charge in [0.05, 0.1) is 5.71 Å². The highest BCUT2D eigenvalue weighted by molar-refractivity contribution is 7.96. The number of aromatic nitrogens is 1. The molecule has 1 atom stereocenters. The van der Waals surface area contributed by atoms with Crippen molar-refractivity contribution in [2.75, 3.05) is 37.3 Å². The maximum absolute atomic E-state index is 9.75. The lowest BCUT2D eigenvalue weighted by molar-refractivity contribution is 0.317. The van der Waals surface area contributed by atoms with Crippen LogP contribution in [0.25, 0.3) is 11.1 Å². The van der Waals surface area contributed by atoms with Crippen molar-refractivity contribution in [2.24, 2.45) is 5.16 Å². The molecule has 1 fully saturated rings. The molecule has 1 unspecified atom stereocenters. The predicted octanol–water partition coefficient (Wildman–Crippen LogP) is 4.86. The fourth-order valence-electron chi connectivity index (χ4n) is 4.79. The van der Waals surface area contributed by atoms with Gasteiger partial charge in [-0.25, -0.2) is 4.31 Å². The van der Waals surface area contributed by atoms with Crippen molar-refractivity contribution in [3.05, 3.63) is 83.7 Å². The Hall–Kier alpha value is -2.83. The molecule has 5 rings (SSSR count). The number of piperazine rings is 1. The lowest BCUT2D eigenvalue weighted by Crippen LogP contribution is -2.43. The Morgan fingerprint density at radius 2 is 1.74 bits per heavy atom. The van der Waals surface area contributed by atoms with Crippen LogP contribution in [0.15, 0.2) is 72.1 Å². The molecule has 1 N–H and O–H groups in total. The smallest absolute Gasteiger partial charge is 0.0878 e. The van der Waals surface area contributed by atoms with Gasteiger partial charge in [-0.2, -0.15) is 0 Å². The van der Waals surface area contributed by atoms with E-state index in [-0.39, 0.29) is 5.92 Å². The molecule has 0 bridgehead atoms. The lowest BCUT2D eigenvalue weighted by Gasteiger charge is -2.35. The molecule has 31 heavy (non-hydrogen) atoms. The minimum Gasteiger partial charge on any atom is -0.411 e. The summed E-state index contributed by atoms with van der Waals surface area (Å²) in [7, 11) is 0. The van der Waals surface area contributed by atoms with Gasteiger partial charge in [-0.05, 0) is 52.8 Å². The van der Waals surface area contributed by atoms with E-state index in [9.17, 15) is 5.21 Å². The van der Waals surface area contributed by atoms with Crippen molar-refractivity contribution < 1.29 is 5.21 Å². The van der Waals surface area contributed by atoms with Gasteiger partial charge in [0.25, 0.3) is 0 Å². The normalized spacial score (nSPS) is 18.7. The zero-order valence-corrected chi connectivity index (χ0v) is 18.4. The van der Waals surface area contributed by atoms with Crippen LogP contribution in [0, 0.1) is 0 Å². The minimum atomic E-state index is 0.174. The van der Waals surface area contributed by atoms with Crippen molar-refractivity contribution in [2.45, 2.75) is 12.3 Å². The largest absolute Gasteiger partial charge is 0.411 e. The van der Waals surface area contributed by atoms with Gasteiger partial charge in [0.2, 0.25) is 0 Å². The summed E-state index contributed by atoms with van der Waals surface area (Å²) in [5.41, 5.74) is 8.09. The first kappa shape index (κ1) is 20.1. The highest BCUT2D eigenvalue weighted by Gasteiger charge is 2.31. The van der Waals surface area contributed by atoms with Crippen molar-refractivity contribution in [1.29, 1.82) is 0 Å². The van der Waals surface area contributed by atoms with Gasteiger partial charge in [-0.1, -0.05) is 47.4 Å². The monoisotopic (exact) mass is 430 g/mol. The van der Waals surface area contributed by atoms with E-state index in [2.05, 4.69) is 68.1 Å². The molecule has 6 heteroatoms. The van der Waals surface area contributed by atoms with E-state index in [0.717, 1.165) is 31.7 Å². The van der Waals surface area contributed by atoms with E-state index in [1.165, 1.54) is 27.9 Å². The summed E-state index contributed by atoms with van der Waals surface area (Å²) in [5, 5.41) is 13.4. The molecular weight excluding hydrogens is 404 g/mol. The Bertz CT molecular complexity index is 1090. The average Bonchev–Trinajstić information content (AvgIpc) is 3.16. The fourth-order valence-corrected chi connectivity index (χ4v) is 5.32. The van der Waals surface area contributed by atoms with Gasteiger partial charge in [0.15, 0.2) is 0 Å². The molecule has 158 valence electrons. The number of hydrogen-bond donors (Lipinski definition) is 1. The molecule has 1 aromatic heterocycles. The van der Waals surface area contributed by atoms with Gasteiger partial charge in [0, 0.05) is 62.2 Å². The third kappa shape index (κ3) is 3.82. The molecule has 3 aromatic rings. The van der Waals surface area contributed by atoms with Gasteiger partial charge in [-0.3, -0.25) is 4.98 Å². The van der Waals surface area contributed by atoms with Gasteiger partial charge < -0.3 is 10.1 Å². The van der Waals surface area contributed by atoms with E-state index < -0.39 is 0 Å². The summed E-state index contributed by atoms with van der Waals surface area (Å²) in [6.07, 6.45) is 6.27. The number of pyridine rings is 1. The molecule has 1 saturated heterocycles. The average molecular weight is 431 g/mol. The summed E-state index contributed by atoms with van der Waals surface area (Å²) in [6.45, 7) is 4.27. The van der Waals surface area contributed by atoms with Gasteiger partial charge in [0.1, 0.15) is 0 Å². The Kier molecular flexibility index (Phi) is 5.66. The highest BCUT2D eigenvalue weighted by atomic mass is 32.2. The van der Waals surface area contributed by atoms with E-state index in [4.69, 9.17) is 0 Å². The number of rotatable bonds is 5. The number of hydrogen-bond acceptors (Lipinski definition) is 6. The zero-order chi connectivity index (χ0) is 21.2. The summed E-state index contributed by atoms with van der Waals surface area (Å²) in [6, 6.07) is 19.3. The summed E-state index contributed by atoms with van der Waals surface area (Å²) in [4.78, 5) is 6.57. The molecular formula is C25H26N4OS. The molecule has 1 aliphatic heterocycles. The van der Waals surface area contributed by atoms with Crippen molar-refractivity contribution in [3.63, 3.8) is 0 Å². The van der Waals surface area contributed by atoms with Crippen molar-refractivity contribution in [1.82, 2.24) is 9.29 Å². The van der Waals surface area contributed by atoms with Crippen LogP contribution in [-0.4, -0.2) is 52.6 Å². The summed E-state index contributed by atoms with van der Waals surface area (Å²) in [5.74, 6) is 0.174. The van der Waals surface area contributed by atoms with Crippen LogP contribution in [0.1, 0.15) is 29.0 Å². The third-order valence-electron chi connectivity index (χ3n) is 6.43. The van der Waals surface area contributed by atoms with Crippen LogP contribution in [0.4, 0.5) is 5.69 Å². The molecule has 0 radical (unpaired) electrons. The minimum absolute atomic E-state index is 0.174. The number of benzene rings is 2. The van der Waals surface area contributed by atoms with Gasteiger partial charge in [-0.15, -0.1) is 0 Å². The molecule has 0 amide bonds. The molecule has 1 aliphatic carbocycles. The SMILES string of the molecule is CSN1CCN(c2ccc3c(c2)-c2ccccc2C3C/C(=N\O)c2ccncc2)CC1. The van der Waals surface area contributed by atoms with Gasteiger partial charge >= 0.3 is 0 Å². The van der Waals surface area contributed by atoms with Crippen LogP contribution >= 0.6 is 11.9 Å². The van der Waals surface area contributed by atoms with Crippen LogP contribution < -0.4 is 4.90 Å². The van der Waals surface area contributed by atoms with E-state index in [1.807, 2.05) is 24.1 Å². The fraction of sp³-hybridized carbons (Fsp3) is 0.280. The summed E-state index contributed by atoms with van der Waals surface area (Å²) >= 11 is 1.83. The van der Waals surface area contributed by atoms with E-state index in [1.54, 1.807) is 12.4 Å². The summed E-state index contributed by atoms with van der Waals surface area (Å²) < 4.78 is 2.42. The van der Waals surface area contributed by atoms with E-state index >= 15 is 0 Å². The molecule has 5 nitrogen and oxygen atoms in total. The molecule has 0 spiro atoms. The van der Waals surface area contributed by atoms with E-state index in [0.29, 0.717) is 12.1 Å². The molecule has 2 aliphatic rings. The van der Waals surface area contributed by atoms with Crippen molar-refractivity contribution >= 4 is 23.3 Å². The number of oxime groups is 1. The predicted molar refractivity (Wildman–Crippen MR) is 128 cm³/mol. The second-order valence-electron chi connectivity index (χ2n) is 8.00. The maximum atomic E-state index is 9.75. The zero-order valence-electron chi connectivity index (χ0n) is 17.6. The Labute approximate surface area is 187 Å². The molecule has 2 aromatic carbocycles. The molecule has 2 heterocycles. The quantitative estimate of drug-likeness (QED) is 0.271. The highest BCUT2D eigenvalue weighted by Crippen LogP contribution is 2.48. The maximum Gasteiger partial charge on any atom is 0.0878 e. The number of anilines is 1. The van der Waals surface area contributed by atoms with Crippen LogP contribution in [-0.2, 0) is 0 Å². The first-order valence-electron chi connectivity index (χ1n) is 10.7. The Balaban J connectivity index is 1.48. The Morgan fingerprint density at radius 1 is 1.00 bits per heavy atom. The Morgan fingerprint density at radius 3 is 2.48 bits per heavy atom. The standard InChI is InChI=1S/C25H26N4OS/c1-31-29-14-12-28(13-15-29)19-6-7-22-23(16-19)20-4-2-3-5-21(20)24(22)17-25(27-30)18-8-10-26-11-9-18/h2-11,16,24,30H,12-15,17H2,1H3/b27-25+. The number of nitrogens with zero attached hydrogens (tertiary/aromatic N) is 4. The topological polar surface area (TPSA) is 52.0 Å². The molecule has 0 saturated carbocycles. The third-order valence-corrected chi connectivity index (χ3v) is 7.31. The van der Waals surface area contributed by atoms with Crippen LogP contribution in [0.2, 0.25) is 0 Å². The lowest BCUT2D eigenvalue weighted by atomic mass is 9.89. The first-order chi connectivity index (χ1) is 15.3. The first-order valence-corrected chi connectivity index (χ1v) is 11.8.